The normalized spacial score (nSPS) is 22.4. The van der Waals surface area contributed by atoms with Gasteiger partial charge in [0.1, 0.15) is 0 Å². The van der Waals surface area contributed by atoms with Gasteiger partial charge in [0.25, 0.3) is 5.91 Å². The number of carbonyl (C=O) groups excluding carboxylic acids is 1. The van der Waals surface area contributed by atoms with Gasteiger partial charge in [0.15, 0.2) is 0 Å². The van der Waals surface area contributed by atoms with Crippen LogP contribution in [0.25, 0.3) is 0 Å². The summed E-state index contributed by atoms with van der Waals surface area (Å²) in [6.45, 7) is 2.30. The maximum Gasteiger partial charge on any atom is 0.253 e. The Morgan fingerprint density at radius 3 is 2.35 bits per heavy atom. The third-order valence-corrected chi connectivity index (χ3v) is 4.46. The van der Waals surface area contributed by atoms with Crippen LogP contribution in [-0.4, -0.2) is 38.0 Å². The lowest BCUT2D eigenvalue weighted by Crippen LogP contribution is -2.39. The summed E-state index contributed by atoms with van der Waals surface area (Å²) in [7, 11) is 5.94. The highest BCUT2D eigenvalue weighted by molar-refractivity contribution is 5.95. The van der Waals surface area contributed by atoms with Crippen LogP contribution >= 0.6 is 0 Å². The third kappa shape index (κ3) is 3.33. The smallest absolute Gasteiger partial charge is 0.253 e. The lowest BCUT2D eigenvalue weighted by Gasteiger charge is -2.33. The Bertz CT molecular complexity index is 462. The van der Waals surface area contributed by atoms with Crippen molar-refractivity contribution in [3.63, 3.8) is 0 Å². The summed E-state index contributed by atoms with van der Waals surface area (Å²) in [6.07, 6.45) is 4.74. The standard InChI is InChI=1S/C17H26N2O/c1-13-8-10-15(11-9-13)19(4)17(20)14-6-5-7-16(12-14)18(2)3/h5-7,12-13,15H,8-11H2,1-4H3. The predicted molar refractivity (Wildman–Crippen MR) is 84.3 cm³/mol. The fourth-order valence-corrected chi connectivity index (χ4v) is 2.92. The zero-order valence-corrected chi connectivity index (χ0v) is 13.1. The lowest BCUT2D eigenvalue weighted by molar-refractivity contribution is 0.0679. The third-order valence-electron chi connectivity index (χ3n) is 4.46. The van der Waals surface area contributed by atoms with Crippen molar-refractivity contribution in [2.24, 2.45) is 5.92 Å². The average Bonchev–Trinajstić information content (AvgIpc) is 2.46. The molecule has 1 amide bonds. The predicted octanol–water partition coefficient (Wildman–Crippen LogP) is 3.40. The van der Waals surface area contributed by atoms with Crippen LogP contribution in [0.15, 0.2) is 24.3 Å². The average molecular weight is 274 g/mol. The van der Waals surface area contributed by atoms with Crippen molar-refractivity contribution >= 4 is 11.6 Å². The second kappa shape index (κ2) is 6.29. The van der Waals surface area contributed by atoms with Crippen LogP contribution in [0.4, 0.5) is 5.69 Å². The lowest BCUT2D eigenvalue weighted by atomic mass is 9.86. The monoisotopic (exact) mass is 274 g/mol. The van der Waals surface area contributed by atoms with Gasteiger partial charge in [-0.1, -0.05) is 13.0 Å². The van der Waals surface area contributed by atoms with Crippen LogP contribution in [-0.2, 0) is 0 Å². The molecule has 20 heavy (non-hydrogen) atoms. The fourth-order valence-electron chi connectivity index (χ4n) is 2.92. The number of hydrogen-bond acceptors (Lipinski definition) is 2. The molecule has 0 spiro atoms. The number of hydrogen-bond donors (Lipinski definition) is 0. The van der Waals surface area contributed by atoms with Gasteiger partial charge in [0.2, 0.25) is 0 Å². The zero-order valence-electron chi connectivity index (χ0n) is 13.1. The zero-order chi connectivity index (χ0) is 14.7. The van der Waals surface area contributed by atoms with Crippen molar-refractivity contribution in [1.82, 2.24) is 4.90 Å². The van der Waals surface area contributed by atoms with E-state index in [1.54, 1.807) is 0 Å². The minimum Gasteiger partial charge on any atom is -0.378 e. The van der Waals surface area contributed by atoms with Crippen molar-refractivity contribution in [1.29, 1.82) is 0 Å². The molecule has 0 aliphatic heterocycles. The molecule has 3 nitrogen and oxygen atoms in total. The molecule has 0 unspecified atom stereocenters. The number of rotatable bonds is 3. The van der Waals surface area contributed by atoms with Crippen LogP contribution < -0.4 is 4.90 Å². The molecule has 110 valence electrons. The molecule has 0 bridgehead atoms. The molecular weight excluding hydrogens is 248 g/mol. The van der Waals surface area contributed by atoms with E-state index >= 15 is 0 Å². The minimum atomic E-state index is 0.147. The highest BCUT2D eigenvalue weighted by atomic mass is 16.2. The van der Waals surface area contributed by atoms with Gasteiger partial charge in [-0.15, -0.1) is 0 Å². The summed E-state index contributed by atoms with van der Waals surface area (Å²) >= 11 is 0. The van der Waals surface area contributed by atoms with E-state index in [1.165, 1.54) is 12.8 Å². The van der Waals surface area contributed by atoms with E-state index in [-0.39, 0.29) is 5.91 Å². The van der Waals surface area contributed by atoms with Crippen molar-refractivity contribution in [2.75, 3.05) is 26.0 Å². The molecule has 1 saturated carbocycles. The first-order valence-electron chi connectivity index (χ1n) is 7.53. The Hall–Kier alpha value is -1.51. The van der Waals surface area contributed by atoms with E-state index in [0.717, 1.165) is 30.0 Å². The topological polar surface area (TPSA) is 23.6 Å². The van der Waals surface area contributed by atoms with Gasteiger partial charge in [0.05, 0.1) is 0 Å². The van der Waals surface area contributed by atoms with Gasteiger partial charge < -0.3 is 9.80 Å². The molecule has 1 aliphatic carbocycles. The number of amides is 1. The maximum absolute atomic E-state index is 12.6. The molecule has 0 saturated heterocycles. The van der Waals surface area contributed by atoms with Crippen LogP contribution in [0.3, 0.4) is 0 Å². The molecule has 0 N–H and O–H groups in total. The van der Waals surface area contributed by atoms with Crippen molar-refractivity contribution < 1.29 is 4.79 Å². The Labute approximate surface area is 122 Å². The summed E-state index contributed by atoms with van der Waals surface area (Å²) in [5.41, 5.74) is 1.86. The fraction of sp³-hybridized carbons (Fsp3) is 0.588. The second-order valence-corrected chi connectivity index (χ2v) is 6.27. The van der Waals surface area contributed by atoms with Gasteiger partial charge in [-0.2, -0.15) is 0 Å². The first-order valence-corrected chi connectivity index (χ1v) is 7.53. The molecule has 1 aromatic carbocycles. The summed E-state index contributed by atoms with van der Waals surface area (Å²) < 4.78 is 0. The molecule has 3 heteroatoms. The highest BCUT2D eigenvalue weighted by Crippen LogP contribution is 2.27. The first kappa shape index (κ1) is 14.9. The van der Waals surface area contributed by atoms with Gasteiger partial charge in [-0.3, -0.25) is 4.79 Å². The van der Waals surface area contributed by atoms with E-state index in [4.69, 9.17) is 0 Å². The Kier molecular flexibility index (Phi) is 4.69. The summed E-state index contributed by atoms with van der Waals surface area (Å²) in [6, 6.07) is 8.28. The van der Waals surface area contributed by atoms with Gasteiger partial charge in [-0.05, 0) is 49.8 Å². The molecule has 1 fully saturated rings. The van der Waals surface area contributed by atoms with Crippen molar-refractivity contribution in [2.45, 2.75) is 38.6 Å². The molecule has 0 atom stereocenters. The molecule has 2 rings (SSSR count). The minimum absolute atomic E-state index is 0.147. The molecule has 1 aromatic rings. The SMILES string of the molecule is CC1CCC(N(C)C(=O)c2cccc(N(C)C)c2)CC1. The van der Waals surface area contributed by atoms with Crippen molar-refractivity contribution in [3.8, 4) is 0 Å². The molecular formula is C17H26N2O. The van der Waals surface area contributed by atoms with E-state index in [9.17, 15) is 4.79 Å². The van der Waals surface area contributed by atoms with E-state index in [1.807, 2.05) is 55.2 Å². The number of nitrogens with zero attached hydrogens (tertiary/aromatic N) is 2. The Morgan fingerprint density at radius 1 is 1.10 bits per heavy atom. The van der Waals surface area contributed by atoms with Crippen LogP contribution in [0.2, 0.25) is 0 Å². The highest BCUT2D eigenvalue weighted by Gasteiger charge is 2.25. The van der Waals surface area contributed by atoms with E-state index < -0.39 is 0 Å². The van der Waals surface area contributed by atoms with E-state index in [0.29, 0.717) is 6.04 Å². The summed E-state index contributed by atoms with van der Waals surface area (Å²) in [5.74, 6) is 0.958. The van der Waals surface area contributed by atoms with Crippen LogP contribution in [0.1, 0.15) is 43.0 Å². The number of carbonyl (C=O) groups is 1. The van der Waals surface area contributed by atoms with Crippen molar-refractivity contribution in [3.05, 3.63) is 29.8 Å². The molecule has 0 aromatic heterocycles. The van der Waals surface area contributed by atoms with Crippen LogP contribution in [0.5, 0.6) is 0 Å². The Morgan fingerprint density at radius 2 is 1.75 bits per heavy atom. The van der Waals surface area contributed by atoms with Gasteiger partial charge in [0, 0.05) is 38.4 Å². The maximum atomic E-state index is 12.6. The Balaban J connectivity index is 2.08. The second-order valence-electron chi connectivity index (χ2n) is 6.27. The van der Waals surface area contributed by atoms with Gasteiger partial charge in [-0.25, -0.2) is 0 Å². The summed E-state index contributed by atoms with van der Waals surface area (Å²) in [5, 5.41) is 0. The summed E-state index contributed by atoms with van der Waals surface area (Å²) in [4.78, 5) is 16.6. The first-order chi connectivity index (χ1) is 9.49. The van der Waals surface area contributed by atoms with Gasteiger partial charge >= 0.3 is 0 Å². The quantitative estimate of drug-likeness (QED) is 0.843. The molecule has 0 heterocycles. The number of anilines is 1. The van der Waals surface area contributed by atoms with Crippen LogP contribution in [0, 0.1) is 5.92 Å². The molecule has 0 radical (unpaired) electrons. The number of benzene rings is 1. The largest absolute Gasteiger partial charge is 0.378 e. The van der Waals surface area contributed by atoms with E-state index in [2.05, 4.69) is 6.92 Å². The molecule has 1 aliphatic rings.